The molecule has 25 heavy (non-hydrogen) atoms. The minimum absolute atomic E-state index is 0.349. The highest BCUT2D eigenvalue weighted by atomic mass is 14.9. The molecule has 2 aromatic heterocycles. The SMILES string of the molecule is Cc1nccc(-c2ccccc2C2(c3cccnc3)C=CC=NC2)n1. The van der Waals surface area contributed by atoms with E-state index in [1.807, 2.05) is 43.6 Å². The highest BCUT2D eigenvalue weighted by Crippen LogP contribution is 2.40. The van der Waals surface area contributed by atoms with Gasteiger partial charge in [0.1, 0.15) is 5.82 Å². The molecule has 0 saturated carbocycles. The smallest absolute Gasteiger partial charge is 0.125 e. The third-order valence-electron chi connectivity index (χ3n) is 4.55. The molecule has 0 fully saturated rings. The van der Waals surface area contributed by atoms with Crippen LogP contribution in [0.15, 0.2) is 78.2 Å². The van der Waals surface area contributed by atoms with Crippen LogP contribution in [0.4, 0.5) is 0 Å². The highest BCUT2D eigenvalue weighted by molar-refractivity contribution is 5.76. The maximum Gasteiger partial charge on any atom is 0.125 e. The van der Waals surface area contributed by atoms with Crippen molar-refractivity contribution in [3.05, 3.63) is 90.2 Å². The Morgan fingerprint density at radius 2 is 1.92 bits per heavy atom. The second-order valence-corrected chi connectivity index (χ2v) is 6.10. The van der Waals surface area contributed by atoms with Gasteiger partial charge in [-0.25, -0.2) is 9.97 Å². The van der Waals surface area contributed by atoms with Crippen LogP contribution in [-0.2, 0) is 5.41 Å². The van der Waals surface area contributed by atoms with Gasteiger partial charge in [-0.2, -0.15) is 0 Å². The first-order chi connectivity index (χ1) is 12.3. The summed E-state index contributed by atoms with van der Waals surface area (Å²) in [7, 11) is 0. The second-order valence-electron chi connectivity index (χ2n) is 6.10. The van der Waals surface area contributed by atoms with Crippen LogP contribution in [0.3, 0.4) is 0 Å². The summed E-state index contributed by atoms with van der Waals surface area (Å²) in [5, 5.41) is 0. The molecule has 4 heteroatoms. The molecule has 122 valence electrons. The number of aromatic nitrogens is 3. The Hall–Kier alpha value is -3.14. The molecule has 1 atom stereocenters. The molecule has 0 N–H and O–H groups in total. The number of hydrogen-bond acceptors (Lipinski definition) is 4. The molecule has 0 aliphatic carbocycles. The Morgan fingerprint density at radius 1 is 1.00 bits per heavy atom. The summed E-state index contributed by atoms with van der Waals surface area (Å²) in [4.78, 5) is 17.8. The van der Waals surface area contributed by atoms with Crippen molar-refractivity contribution < 1.29 is 0 Å². The number of pyridine rings is 1. The van der Waals surface area contributed by atoms with Crippen molar-refractivity contribution in [2.24, 2.45) is 4.99 Å². The van der Waals surface area contributed by atoms with E-state index in [1.54, 1.807) is 12.4 Å². The van der Waals surface area contributed by atoms with Gasteiger partial charge in [0.15, 0.2) is 0 Å². The maximum atomic E-state index is 4.63. The zero-order chi connectivity index (χ0) is 17.1. The number of allylic oxidation sites excluding steroid dienone is 1. The lowest BCUT2D eigenvalue weighted by atomic mass is 9.72. The first-order valence-corrected chi connectivity index (χ1v) is 8.27. The van der Waals surface area contributed by atoms with Gasteiger partial charge in [-0.15, -0.1) is 0 Å². The van der Waals surface area contributed by atoms with E-state index in [4.69, 9.17) is 0 Å². The summed E-state index contributed by atoms with van der Waals surface area (Å²) in [5.74, 6) is 0.764. The van der Waals surface area contributed by atoms with E-state index in [2.05, 4.69) is 50.3 Å². The van der Waals surface area contributed by atoms with Crippen LogP contribution in [0, 0.1) is 6.92 Å². The fourth-order valence-corrected chi connectivity index (χ4v) is 3.36. The first kappa shape index (κ1) is 15.4. The topological polar surface area (TPSA) is 51.0 Å². The molecule has 4 rings (SSSR count). The van der Waals surface area contributed by atoms with E-state index in [9.17, 15) is 0 Å². The Morgan fingerprint density at radius 3 is 2.68 bits per heavy atom. The minimum atomic E-state index is -0.349. The molecule has 1 aliphatic heterocycles. The molecule has 0 radical (unpaired) electrons. The van der Waals surface area contributed by atoms with Crippen molar-refractivity contribution >= 4 is 6.21 Å². The fraction of sp³-hybridized carbons (Fsp3) is 0.143. The molecule has 0 amide bonds. The van der Waals surface area contributed by atoms with Gasteiger partial charge in [-0.1, -0.05) is 36.4 Å². The number of aliphatic imine (C=N–C) groups is 1. The molecule has 0 saturated heterocycles. The first-order valence-electron chi connectivity index (χ1n) is 8.27. The van der Waals surface area contributed by atoms with Crippen LogP contribution in [-0.4, -0.2) is 27.7 Å². The molecular weight excluding hydrogens is 308 g/mol. The number of benzene rings is 1. The third kappa shape index (κ3) is 2.76. The van der Waals surface area contributed by atoms with Crippen molar-refractivity contribution in [3.63, 3.8) is 0 Å². The van der Waals surface area contributed by atoms with E-state index in [1.165, 1.54) is 5.56 Å². The Labute approximate surface area is 147 Å². The highest BCUT2D eigenvalue weighted by Gasteiger charge is 2.35. The molecular formula is C21H18N4. The maximum absolute atomic E-state index is 4.63. The lowest BCUT2D eigenvalue weighted by Crippen LogP contribution is -2.31. The summed E-state index contributed by atoms with van der Waals surface area (Å²) in [6, 6.07) is 14.4. The molecule has 1 unspecified atom stereocenters. The van der Waals surface area contributed by atoms with E-state index in [-0.39, 0.29) is 5.41 Å². The Kier molecular flexibility index (Phi) is 3.94. The summed E-state index contributed by atoms with van der Waals surface area (Å²) >= 11 is 0. The lowest BCUT2D eigenvalue weighted by Gasteiger charge is -2.33. The Bertz CT molecular complexity index is 947. The van der Waals surface area contributed by atoms with E-state index >= 15 is 0 Å². The standard InChI is InChI=1S/C21H18N4/c1-16-24-13-9-20(25-16)18-7-2-3-8-19(18)21(10-5-12-23-15-21)17-6-4-11-22-14-17/h2-14H,15H2,1H3. The summed E-state index contributed by atoms with van der Waals surface area (Å²) < 4.78 is 0. The number of aryl methyl sites for hydroxylation is 1. The predicted octanol–water partition coefficient (Wildman–Crippen LogP) is 3.77. The monoisotopic (exact) mass is 326 g/mol. The Balaban J connectivity index is 1.96. The predicted molar refractivity (Wildman–Crippen MR) is 99.7 cm³/mol. The summed E-state index contributed by atoms with van der Waals surface area (Å²) in [6.45, 7) is 2.56. The van der Waals surface area contributed by atoms with Crippen molar-refractivity contribution in [1.29, 1.82) is 0 Å². The largest absolute Gasteiger partial charge is 0.292 e. The molecule has 4 nitrogen and oxygen atoms in total. The van der Waals surface area contributed by atoms with Crippen LogP contribution in [0.2, 0.25) is 0 Å². The van der Waals surface area contributed by atoms with Gasteiger partial charge in [0, 0.05) is 30.4 Å². The van der Waals surface area contributed by atoms with Crippen LogP contribution in [0.25, 0.3) is 11.3 Å². The lowest BCUT2D eigenvalue weighted by molar-refractivity contribution is 0.650. The average Bonchev–Trinajstić information content (AvgIpc) is 2.69. The molecule has 0 bridgehead atoms. The number of rotatable bonds is 3. The van der Waals surface area contributed by atoms with E-state index in [0.717, 1.165) is 22.6 Å². The second kappa shape index (κ2) is 6.40. The van der Waals surface area contributed by atoms with Gasteiger partial charge in [0.25, 0.3) is 0 Å². The zero-order valence-corrected chi connectivity index (χ0v) is 14.0. The van der Waals surface area contributed by atoms with Crippen molar-refractivity contribution in [3.8, 4) is 11.3 Å². The van der Waals surface area contributed by atoms with Gasteiger partial charge < -0.3 is 0 Å². The summed E-state index contributed by atoms with van der Waals surface area (Å²) in [5.41, 5.74) is 3.97. The fourth-order valence-electron chi connectivity index (χ4n) is 3.36. The zero-order valence-electron chi connectivity index (χ0n) is 14.0. The van der Waals surface area contributed by atoms with Crippen LogP contribution < -0.4 is 0 Å². The van der Waals surface area contributed by atoms with Gasteiger partial charge in [-0.05, 0) is 36.3 Å². The van der Waals surface area contributed by atoms with Crippen LogP contribution >= 0.6 is 0 Å². The molecule has 3 aromatic rings. The molecule has 0 spiro atoms. The van der Waals surface area contributed by atoms with Crippen molar-refractivity contribution in [2.45, 2.75) is 12.3 Å². The average molecular weight is 326 g/mol. The van der Waals surface area contributed by atoms with Crippen molar-refractivity contribution in [1.82, 2.24) is 15.0 Å². The van der Waals surface area contributed by atoms with Gasteiger partial charge in [-0.3, -0.25) is 9.98 Å². The molecule has 1 aromatic carbocycles. The van der Waals surface area contributed by atoms with Gasteiger partial charge >= 0.3 is 0 Å². The van der Waals surface area contributed by atoms with Gasteiger partial charge in [0.05, 0.1) is 17.7 Å². The summed E-state index contributed by atoms with van der Waals surface area (Å²) in [6.07, 6.45) is 11.6. The third-order valence-corrected chi connectivity index (χ3v) is 4.55. The van der Waals surface area contributed by atoms with Crippen LogP contribution in [0.1, 0.15) is 17.0 Å². The normalized spacial score (nSPS) is 19.1. The quantitative estimate of drug-likeness (QED) is 0.736. The van der Waals surface area contributed by atoms with Crippen molar-refractivity contribution in [2.75, 3.05) is 6.54 Å². The van der Waals surface area contributed by atoms with E-state index in [0.29, 0.717) is 6.54 Å². The molecule has 3 heterocycles. The minimum Gasteiger partial charge on any atom is -0.292 e. The van der Waals surface area contributed by atoms with Gasteiger partial charge in [0.2, 0.25) is 0 Å². The molecule has 1 aliphatic rings. The van der Waals surface area contributed by atoms with Crippen LogP contribution in [0.5, 0.6) is 0 Å². The number of nitrogens with zero attached hydrogens (tertiary/aromatic N) is 4. The number of dihydropyridines is 1. The van der Waals surface area contributed by atoms with E-state index < -0.39 is 0 Å². The number of hydrogen-bond donors (Lipinski definition) is 0.